The molecule has 0 radical (unpaired) electrons. The van der Waals surface area contributed by atoms with Gasteiger partial charge in [-0.3, -0.25) is 14.9 Å². The van der Waals surface area contributed by atoms with Gasteiger partial charge in [-0.1, -0.05) is 38.4 Å². The molecule has 0 N–H and O–H groups in total. The van der Waals surface area contributed by atoms with Crippen LogP contribution in [0, 0.1) is 15.5 Å². The molecule has 0 aliphatic carbocycles. The monoisotopic (exact) mass is 284 g/mol. The van der Waals surface area contributed by atoms with Crippen molar-refractivity contribution in [2.45, 2.75) is 20.8 Å². The molecule has 0 aliphatic heterocycles. The Kier molecular flexibility index (Phi) is 4.52. The first kappa shape index (κ1) is 15.4. The van der Waals surface area contributed by atoms with Gasteiger partial charge < -0.3 is 4.90 Å². The predicted molar refractivity (Wildman–Crippen MR) is 74.5 cm³/mol. The number of carbonyl (C=O) groups is 1. The van der Waals surface area contributed by atoms with Gasteiger partial charge in [-0.25, -0.2) is 0 Å². The minimum absolute atomic E-state index is 0.0579. The maximum Gasteiger partial charge on any atom is 0.288 e. The van der Waals surface area contributed by atoms with Crippen molar-refractivity contribution in [2.75, 3.05) is 13.6 Å². The summed E-state index contributed by atoms with van der Waals surface area (Å²) < 4.78 is 0. The Labute approximate surface area is 117 Å². The van der Waals surface area contributed by atoms with Gasteiger partial charge in [0.2, 0.25) is 0 Å². The van der Waals surface area contributed by atoms with Gasteiger partial charge in [0.15, 0.2) is 0 Å². The normalized spacial score (nSPS) is 11.2. The Morgan fingerprint density at radius 3 is 2.47 bits per heavy atom. The molecule has 19 heavy (non-hydrogen) atoms. The van der Waals surface area contributed by atoms with E-state index in [1.54, 1.807) is 7.05 Å². The SMILES string of the molecule is CN(CC(C)(C)C)C(=O)c1cccc([N+](=O)[O-])c1Cl. The van der Waals surface area contributed by atoms with Crippen LogP contribution in [0.1, 0.15) is 31.1 Å². The van der Waals surface area contributed by atoms with E-state index >= 15 is 0 Å². The topological polar surface area (TPSA) is 63.5 Å². The number of rotatable bonds is 3. The number of amides is 1. The van der Waals surface area contributed by atoms with Gasteiger partial charge in [0.05, 0.1) is 10.5 Å². The van der Waals surface area contributed by atoms with Gasteiger partial charge in [-0.15, -0.1) is 0 Å². The molecule has 1 amide bonds. The molecule has 0 atom stereocenters. The van der Waals surface area contributed by atoms with Crippen LogP contribution in [0.2, 0.25) is 5.02 Å². The largest absolute Gasteiger partial charge is 0.341 e. The third-order valence-corrected chi connectivity index (χ3v) is 2.86. The van der Waals surface area contributed by atoms with Crippen LogP contribution in [-0.2, 0) is 0 Å². The molecular weight excluding hydrogens is 268 g/mol. The molecule has 0 spiro atoms. The Bertz CT molecular complexity index is 509. The van der Waals surface area contributed by atoms with E-state index in [2.05, 4.69) is 0 Å². The summed E-state index contributed by atoms with van der Waals surface area (Å²) in [6.45, 7) is 6.55. The Balaban J connectivity index is 3.07. The highest BCUT2D eigenvalue weighted by molar-refractivity contribution is 6.35. The predicted octanol–water partition coefficient (Wildman–Crippen LogP) is 3.37. The van der Waals surface area contributed by atoms with Crippen molar-refractivity contribution >= 4 is 23.2 Å². The van der Waals surface area contributed by atoms with Gasteiger partial charge >= 0.3 is 0 Å². The summed E-state index contributed by atoms with van der Waals surface area (Å²) in [6, 6.07) is 4.24. The summed E-state index contributed by atoms with van der Waals surface area (Å²) in [5.74, 6) is -0.316. The first-order chi connectivity index (χ1) is 8.63. The number of benzene rings is 1. The van der Waals surface area contributed by atoms with Crippen LogP contribution in [0.15, 0.2) is 18.2 Å². The summed E-state index contributed by atoms with van der Waals surface area (Å²) in [7, 11) is 1.66. The van der Waals surface area contributed by atoms with Crippen LogP contribution >= 0.6 is 11.6 Å². The quantitative estimate of drug-likeness (QED) is 0.631. The number of nitro groups is 1. The van der Waals surface area contributed by atoms with Gasteiger partial charge in [0.1, 0.15) is 5.02 Å². The van der Waals surface area contributed by atoms with E-state index in [0.717, 1.165) is 0 Å². The third kappa shape index (κ3) is 3.92. The highest BCUT2D eigenvalue weighted by atomic mass is 35.5. The lowest BCUT2D eigenvalue weighted by atomic mass is 9.96. The third-order valence-electron chi connectivity index (χ3n) is 2.46. The molecular formula is C13H17ClN2O3. The zero-order chi connectivity index (χ0) is 14.8. The molecule has 0 heterocycles. The van der Waals surface area contributed by atoms with E-state index in [1.165, 1.54) is 23.1 Å². The Morgan fingerprint density at radius 1 is 1.42 bits per heavy atom. The van der Waals surface area contributed by atoms with Crippen molar-refractivity contribution in [2.24, 2.45) is 5.41 Å². The molecule has 1 aromatic rings. The maximum atomic E-state index is 12.2. The Hall–Kier alpha value is -1.62. The molecule has 1 rings (SSSR count). The molecule has 6 heteroatoms. The molecule has 0 saturated carbocycles. The van der Waals surface area contributed by atoms with E-state index in [-0.39, 0.29) is 27.6 Å². The second kappa shape index (κ2) is 5.57. The van der Waals surface area contributed by atoms with E-state index in [1.807, 2.05) is 20.8 Å². The molecule has 0 aromatic heterocycles. The molecule has 0 bridgehead atoms. The van der Waals surface area contributed by atoms with Crippen molar-refractivity contribution < 1.29 is 9.72 Å². The number of carbonyl (C=O) groups excluding carboxylic acids is 1. The van der Waals surface area contributed by atoms with Crippen LogP contribution < -0.4 is 0 Å². The number of nitrogens with zero attached hydrogens (tertiary/aromatic N) is 2. The van der Waals surface area contributed by atoms with Crippen LogP contribution in [0.25, 0.3) is 0 Å². The van der Waals surface area contributed by atoms with Crippen LogP contribution in [0.3, 0.4) is 0 Å². The molecule has 0 fully saturated rings. The zero-order valence-electron chi connectivity index (χ0n) is 11.4. The van der Waals surface area contributed by atoms with Gasteiger partial charge in [-0.2, -0.15) is 0 Å². The number of hydrogen-bond donors (Lipinski definition) is 0. The van der Waals surface area contributed by atoms with Crippen molar-refractivity contribution in [3.05, 3.63) is 38.9 Å². The summed E-state index contributed by atoms with van der Waals surface area (Å²) in [5.41, 5.74) is -0.156. The zero-order valence-corrected chi connectivity index (χ0v) is 12.2. The molecule has 5 nitrogen and oxygen atoms in total. The molecule has 0 aliphatic rings. The first-order valence-corrected chi connectivity index (χ1v) is 6.19. The average Bonchev–Trinajstić information content (AvgIpc) is 2.25. The second-order valence-corrected chi connectivity index (χ2v) is 6.00. The van der Waals surface area contributed by atoms with E-state index in [9.17, 15) is 14.9 Å². The number of hydrogen-bond acceptors (Lipinski definition) is 3. The minimum atomic E-state index is -0.594. The van der Waals surface area contributed by atoms with Crippen molar-refractivity contribution in [1.29, 1.82) is 0 Å². The van der Waals surface area contributed by atoms with Crippen LogP contribution in [0.5, 0.6) is 0 Å². The van der Waals surface area contributed by atoms with Gasteiger partial charge in [0.25, 0.3) is 11.6 Å². The van der Waals surface area contributed by atoms with Crippen LogP contribution in [-0.4, -0.2) is 29.3 Å². The van der Waals surface area contributed by atoms with Crippen molar-refractivity contribution in [3.8, 4) is 0 Å². The highest BCUT2D eigenvalue weighted by Crippen LogP contribution is 2.29. The number of halogens is 1. The standard InChI is InChI=1S/C13H17ClN2O3/c1-13(2,3)8-15(4)12(17)9-6-5-7-10(11(9)14)16(18)19/h5-7H,8H2,1-4H3. The first-order valence-electron chi connectivity index (χ1n) is 5.82. The van der Waals surface area contributed by atoms with Gasteiger partial charge in [-0.05, 0) is 11.5 Å². The smallest absolute Gasteiger partial charge is 0.288 e. The van der Waals surface area contributed by atoms with E-state index in [4.69, 9.17) is 11.6 Å². The summed E-state index contributed by atoms with van der Waals surface area (Å²) in [4.78, 5) is 24.0. The summed E-state index contributed by atoms with van der Waals surface area (Å²) in [5, 5.41) is 10.7. The van der Waals surface area contributed by atoms with Crippen molar-refractivity contribution in [3.63, 3.8) is 0 Å². The van der Waals surface area contributed by atoms with Crippen molar-refractivity contribution in [1.82, 2.24) is 4.90 Å². The van der Waals surface area contributed by atoms with E-state index < -0.39 is 4.92 Å². The minimum Gasteiger partial charge on any atom is -0.341 e. The second-order valence-electron chi connectivity index (χ2n) is 5.62. The fourth-order valence-electron chi connectivity index (χ4n) is 1.81. The van der Waals surface area contributed by atoms with Gasteiger partial charge in [0, 0.05) is 19.7 Å². The molecule has 1 aromatic carbocycles. The fourth-order valence-corrected chi connectivity index (χ4v) is 2.09. The lowest BCUT2D eigenvalue weighted by Crippen LogP contribution is -2.34. The summed E-state index contributed by atoms with van der Waals surface area (Å²) in [6.07, 6.45) is 0. The van der Waals surface area contributed by atoms with E-state index in [0.29, 0.717) is 6.54 Å². The van der Waals surface area contributed by atoms with Crippen LogP contribution in [0.4, 0.5) is 5.69 Å². The molecule has 0 saturated heterocycles. The maximum absolute atomic E-state index is 12.2. The average molecular weight is 285 g/mol. The molecule has 104 valence electrons. The molecule has 0 unspecified atom stereocenters. The lowest BCUT2D eigenvalue weighted by molar-refractivity contribution is -0.384. The highest BCUT2D eigenvalue weighted by Gasteiger charge is 2.24. The lowest BCUT2D eigenvalue weighted by Gasteiger charge is -2.26. The fraction of sp³-hybridized carbons (Fsp3) is 0.462. The Morgan fingerprint density at radius 2 is 2.00 bits per heavy atom. The summed E-state index contributed by atoms with van der Waals surface area (Å²) >= 11 is 5.92. The number of nitro benzene ring substituents is 1.